The molecule has 0 aliphatic carbocycles. The number of benzene rings is 2. The summed E-state index contributed by atoms with van der Waals surface area (Å²) in [6.45, 7) is 14.4. The van der Waals surface area contributed by atoms with Gasteiger partial charge in [0, 0.05) is 75.9 Å². The smallest absolute Gasteiger partial charge is 0.475 e. The summed E-state index contributed by atoms with van der Waals surface area (Å²) in [4.78, 5) is 113. The van der Waals surface area contributed by atoms with E-state index in [4.69, 9.17) is 42.3 Å². The SMILES string of the molecule is CCOP(=O)(OC(C)(C)C)OC(C)(C)C.COc1cnc(OC)c2c1c(C(=O)C(=O)N1CCN(C(=O)c3ccccc3)CC1)cn2COP(=O)(O)O.COc1ncc(OC)c2c(C(=O)C(=O)N3CCN(C(=O)c4ccccc4)CC3)c[nH]c12. The third kappa shape index (κ3) is 16.6. The Kier molecular flexibility index (Phi) is 21.6. The van der Waals surface area contributed by atoms with E-state index in [9.17, 15) is 37.9 Å². The third-order valence-electron chi connectivity index (χ3n) is 12.3. The van der Waals surface area contributed by atoms with Crippen LogP contribution in [0, 0.1) is 0 Å². The molecule has 4 aromatic heterocycles. The van der Waals surface area contributed by atoms with Crippen molar-refractivity contribution in [2.24, 2.45) is 0 Å². The van der Waals surface area contributed by atoms with Gasteiger partial charge in [-0.15, -0.1) is 0 Å². The number of nitrogens with zero attached hydrogens (tertiary/aromatic N) is 7. The monoisotopic (exact) mass is 1190 g/mol. The number of hydrogen-bond acceptors (Lipinski definition) is 18. The molecule has 0 saturated carbocycles. The van der Waals surface area contributed by atoms with Crippen LogP contribution in [-0.4, -0.2) is 183 Å². The maximum Gasteiger partial charge on any atom is 0.475 e. The second-order valence-corrected chi connectivity index (χ2v) is 23.2. The average molecular weight is 1190 g/mol. The summed E-state index contributed by atoms with van der Waals surface area (Å²) in [5.41, 5.74) is 0.785. The molecule has 6 heterocycles. The van der Waals surface area contributed by atoms with Crippen LogP contribution in [0.2, 0.25) is 0 Å². The van der Waals surface area contributed by atoms with Crippen LogP contribution < -0.4 is 18.9 Å². The molecule has 6 aromatic rings. The van der Waals surface area contributed by atoms with E-state index in [1.165, 1.54) is 67.6 Å². The van der Waals surface area contributed by atoms with Gasteiger partial charge in [-0.1, -0.05) is 36.4 Å². The Labute approximate surface area is 479 Å². The number of phosphoric acid groups is 2. The number of pyridine rings is 2. The van der Waals surface area contributed by atoms with Gasteiger partial charge in [-0.05, 0) is 72.7 Å². The van der Waals surface area contributed by atoms with Crippen molar-refractivity contribution in [3.8, 4) is 23.3 Å². The number of carbonyl (C=O) groups is 6. The summed E-state index contributed by atoms with van der Waals surface area (Å²) in [6.07, 6.45) is 5.46. The van der Waals surface area contributed by atoms with Crippen LogP contribution in [0.3, 0.4) is 0 Å². The molecule has 0 radical (unpaired) electrons. The lowest BCUT2D eigenvalue weighted by molar-refractivity contribution is -0.128. The summed E-state index contributed by atoms with van der Waals surface area (Å²) in [5, 5.41) is 0.630. The molecule has 448 valence electrons. The highest BCUT2D eigenvalue weighted by molar-refractivity contribution is 7.48. The van der Waals surface area contributed by atoms with Crippen molar-refractivity contribution in [2.45, 2.75) is 66.4 Å². The van der Waals surface area contributed by atoms with Crippen LogP contribution >= 0.6 is 15.6 Å². The van der Waals surface area contributed by atoms with E-state index in [0.29, 0.717) is 53.4 Å². The molecular formula is C55H70N8O18P2. The molecule has 2 saturated heterocycles. The predicted octanol–water partition coefficient (Wildman–Crippen LogP) is 6.80. The molecule has 83 heavy (non-hydrogen) atoms. The lowest BCUT2D eigenvalue weighted by Gasteiger charge is -2.34. The van der Waals surface area contributed by atoms with E-state index in [-0.39, 0.29) is 84.7 Å². The van der Waals surface area contributed by atoms with Crippen molar-refractivity contribution < 1.29 is 84.7 Å². The molecule has 26 nitrogen and oxygen atoms in total. The van der Waals surface area contributed by atoms with Crippen LogP contribution in [0.1, 0.15) is 89.9 Å². The number of phosphoric ester groups is 2. The number of ketones is 2. The van der Waals surface area contributed by atoms with Crippen molar-refractivity contribution in [3.63, 3.8) is 0 Å². The summed E-state index contributed by atoms with van der Waals surface area (Å²) in [5.74, 6) is -2.32. The summed E-state index contributed by atoms with van der Waals surface area (Å²) in [6, 6.07) is 17.8. The average Bonchev–Trinajstić information content (AvgIpc) is 2.52. The summed E-state index contributed by atoms with van der Waals surface area (Å²) >= 11 is 0. The van der Waals surface area contributed by atoms with Crippen LogP contribution in [0.25, 0.3) is 21.8 Å². The molecule has 2 aromatic carbocycles. The molecule has 3 N–H and O–H groups in total. The van der Waals surface area contributed by atoms with E-state index < -0.39 is 57.0 Å². The van der Waals surface area contributed by atoms with E-state index >= 15 is 0 Å². The topological polar surface area (TPSA) is 310 Å². The lowest BCUT2D eigenvalue weighted by atomic mass is 10.1. The number of methoxy groups -OCH3 is 4. The van der Waals surface area contributed by atoms with Gasteiger partial charge in [0.25, 0.3) is 35.2 Å². The lowest BCUT2D eigenvalue weighted by Crippen LogP contribution is -2.52. The maximum atomic E-state index is 13.4. The number of Topliss-reactive ketones (excluding diaryl/α,β-unsaturated/α-hetero) is 2. The van der Waals surface area contributed by atoms with Crippen molar-refractivity contribution in [1.82, 2.24) is 39.1 Å². The number of ether oxygens (including phenoxy) is 4. The zero-order chi connectivity index (χ0) is 61.0. The molecule has 0 unspecified atom stereocenters. The van der Waals surface area contributed by atoms with E-state index in [2.05, 4.69) is 19.5 Å². The number of rotatable bonds is 17. The highest BCUT2D eigenvalue weighted by atomic mass is 31.2. The Morgan fingerprint density at radius 2 is 1.00 bits per heavy atom. The van der Waals surface area contributed by atoms with Crippen molar-refractivity contribution in [2.75, 3.05) is 87.4 Å². The normalized spacial score (nSPS) is 14.0. The summed E-state index contributed by atoms with van der Waals surface area (Å²) < 4.78 is 66.2. The first-order valence-electron chi connectivity index (χ1n) is 26.1. The predicted molar refractivity (Wildman–Crippen MR) is 303 cm³/mol. The second-order valence-electron chi connectivity index (χ2n) is 20.4. The first-order chi connectivity index (χ1) is 39.2. The Balaban J connectivity index is 0.000000217. The minimum atomic E-state index is -4.85. The Morgan fingerprint density at radius 1 is 0.578 bits per heavy atom. The number of piperazine rings is 2. The highest BCUT2D eigenvalue weighted by Crippen LogP contribution is 2.55. The largest absolute Gasteiger partial charge is 0.494 e. The molecule has 0 atom stereocenters. The number of fused-ring (bicyclic) bond motifs is 2. The number of aromatic amines is 1. The maximum absolute atomic E-state index is 13.4. The first kappa shape index (κ1) is 64.6. The molecule has 0 bridgehead atoms. The molecule has 0 spiro atoms. The molecule has 2 aliphatic rings. The Morgan fingerprint density at radius 3 is 1.41 bits per heavy atom. The second kappa shape index (κ2) is 27.7. The Bertz CT molecular complexity index is 3360. The standard InChI is InChI=1S/C23H25N4O9P.C22H22N4O5.C10H23O4P/c1-34-17-12-24-21(35-2)19-18(17)16(13-27(19)14-36-37(31,32)33)20(28)23(30)26-10-8-25(9-11-26)22(29)15-6-4-3-5-7-15;1-30-16-13-24-20(31-2)18-17(16)15(12-23-18)19(27)22(29)26-10-8-25(9-11-26)21(28)14-6-4-3-5-7-14;1-8-12-15(11,13-9(2,3)4)14-10(5,6)7/h3-7,12-13H,8-11,14H2,1-2H3,(H2,31,32,33);3-7,12-13,23H,8-11H2,1-2H3;8H2,1-7H3. The van der Waals surface area contributed by atoms with Gasteiger partial charge in [0.1, 0.15) is 29.3 Å². The van der Waals surface area contributed by atoms with Crippen molar-refractivity contribution >= 4 is 72.6 Å². The van der Waals surface area contributed by atoms with E-state index in [0.717, 1.165) is 0 Å². The van der Waals surface area contributed by atoms with Crippen molar-refractivity contribution in [1.29, 1.82) is 0 Å². The fourth-order valence-electron chi connectivity index (χ4n) is 8.75. The highest BCUT2D eigenvalue weighted by Gasteiger charge is 2.38. The minimum Gasteiger partial charge on any atom is -0.494 e. The number of amides is 4. The van der Waals surface area contributed by atoms with Crippen molar-refractivity contribution in [3.05, 3.63) is 108 Å². The number of nitrogens with one attached hydrogen (secondary N) is 1. The molecule has 8 rings (SSSR count). The van der Waals surface area contributed by atoms with Gasteiger partial charge in [-0.3, -0.25) is 46.9 Å². The van der Waals surface area contributed by atoms with Crippen LogP contribution in [0.15, 0.2) is 85.5 Å². The van der Waals surface area contributed by atoms with E-state index in [1.807, 2.05) is 65.8 Å². The van der Waals surface area contributed by atoms with Gasteiger partial charge in [-0.25, -0.2) is 19.1 Å². The van der Waals surface area contributed by atoms with Gasteiger partial charge in [0.05, 0.1) is 80.5 Å². The number of carbonyl (C=O) groups excluding carboxylic acids is 6. The first-order valence-corrected chi connectivity index (χ1v) is 29.1. The number of H-pyrrole nitrogens is 1. The molecule has 28 heteroatoms. The van der Waals surface area contributed by atoms with Gasteiger partial charge in [0.15, 0.2) is 0 Å². The molecular weight excluding hydrogens is 1120 g/mol. The zero-order valence-corrected chi connectivity index (χ0v) is 49.9. The van der Waals surface area contributed by atoms with Gasteiger partial charge < -0.3 is 57.9 Å². The van der Waals surface area contributed by atoms with Gasteiger partial charge in [0.2, 0.25) is 11.8 Å². The zero-order valence-electron chi connectivity index (χ0n) is 48.1. The quantitative estimate of drug-likeness (QED) is 0.0480. The number of aromatic nitrogens is 4. The Hall–Kier alpha value is -7.54. The third-order valence-corrected chi connectivity index (χ3v) is 14.9. The fraction of sp³-hybridized carbons (Fsp3) is 0.418. The summed E-state index contributed by atoms with van der Waals surface area (Å²) in [7, 11) is -2.69. The minimum absolute atomic E-state index is 0.0321. The van der Waals surface area contributed by atoms with Crippen LogP contribution in [0.4, 0.5) is 0 Å². The van der Waals surface area contributed by atoms with Crippen LogP contribution in [0.5, 0.6) is 23.3 Å². The number of hydrogen-bond donors (Lipinski definition) is 3. The van der Waals surface area contributed by atoms with Gasteiger partial charge in [-0.2, -0.15) is 0 Å². The fourth-order valence-corrected chi connectivity index (χ4v) is 10.8. The van der Waals surface area contributed by atoms with Crippen LogP contribution in [-0.2, 0) is 43.5 Å². The molecule has 2 aliphatic heterocycles. The van der Waals surface area contributed by atoms with E-state index in [1.54, 1.807) is 53.1 Å². The molecule has 2 fully saturated rings. The molecule has 4 amide bonds. The van der Waals surface area contributed by atoms with Gasteiger partial charge >= 0.3 is 15.6 Å².